The third-order valence-corrected chi connectivity index (χ3v) is 5.14. The largest absolute Gasteiger partial charge is 0.379 e. The van der Waals surface area contributed by atoms with E-state index in [1.54, 1.807) is 0 Å². The summed E-state index contributed by atoms with van der Waals surface area (Å²) in [5.41, 5.74) is 1.20. The fourth-order valence-electron chi connectivity index (χ4n) is 3.70. The number of amides is 1. The molecule has 6 nitrogen and oxygen atoms in total. The molecule has 1 atom stereocenters. The summed E-state index contributed by atoms with van der Waals surface area (Å²) < 4.78 is 5.48. The Kier molecular flexibility index (Phi) is 7.21. The predicted molar refractivity (Wildman–Crippen MR) is 97.3 cm³/mol. The first-order valence-corrected chi connectivity index (χ1v) is 9.54. The van der Waals surface area contributed by atoms with Crippen LogP contribution in [0.5, 0.6) is 0 Å². The molecule has 2 fully saturated rings. The number of nitrogens with zero attached hydrogens (tertiary/aromatic N) is 3. The summed E-state index contributed by atoms with van der Waals surface area (Å²) in [5, 5.41) is 3.16. The van der Waals surface area contributed by atoms with Crippen LogP contribution in [0.2, 0.25) is 0 Å². The van der Waals surface area contributed by atoms with Crippen molar-refractivity contribution in [2.24, 2.45) is 0 Å². The highest BCUT2D eigenvalue weighted by molar-refractivity contribution is 5.78. The van der Waals surface area contributed by atoms with Gasteiger partial charge in [-0.25, -0.2) is 0 Å². The molecular formula is C19H30N4O2. The smallest absolute Gasteiger partial charge is 0.234 e. The van der Waals surface area contributed by atoms with E-state index in [0.29, 0.717) is 13.1 Å². The summed E-state index contributed by atoms with van der Waals surface area (Å²) in [6.07, 6.45) is 8.64. The third kappa shape index (κ3) is 5.76. The minimum Gasteiger partial charge on any atom is -0.379 e. The number of hydrogen-bond acceptors (Lipinski definition) is 5. The average Bonchev–Trinajstić information content (AvgIpc) is 2.92. The topological polar surface area (TPSA) is 57.7 Å². The van der Waals surface area contributed by atoms with Gasteiger partial charge in [0.15, 0.2) is 0 Å². The minimum absolute atomic E-state index is 0.134. The van der Waals surface area contributed by atoms with E-state index >= 15 is 0 Å². The molecule has 3 rings (SSSR count). The molecule has 2 aliphatic heterocycles. The lowest BCUT2D eigenvalue weighted by Crippen LogP contribution is -2.45. The van der Waals surface area contributed by atoms with Gasteiger partial charge >= 0.3 is 0 Å². The van der Waals surface area contributed by atoms with Crippen LogP contribution in [0.15, 0.2) is 24.5 Å². The second-order valence-corrected chi connectivity index (χ2v) is 6.94. The van der Waals surface area contributed by atoms with Crippen molar-refractivity contribution in [1.82, 2.24) is 20.1 Å². The Labute approximate surface area is 150 Å². The van der Waals surface area contributed by atoms with Gasteiger partial charge < -0.3 is 10.1 Å². The summed E-state index contributed by atoms with van der Waals surface area (Å²) in [5.74, 6) is 0.134. The van der Waals surface area contributed by atoms with Crippen LogP contribution < -0.4 is 5.32 Å². The van der Waals surface area contributed by atoms with Crippen LogP contribution in [0.3, 0.4) is 0 Å². The Morgan fingerprint density at radius 2 is 1.76 bits per heavy atom. The molecule has 1 aromatic rings. The lowest BCUT2D eigenvalue weighted by atomic mass is 10.1. The summed E-state index contributed by atoms with van der Waals surface area (Å²) in [7, 11) is 0. The van der Waals surface area contributed by atoms with E-state index in [9.17, 15) is 4.79 Å². The SMILES string of the molecule is O=C(CN1CCCCCC1)NC[C@H](c1ccncc1)N1CCOCC1. The van der Waals surface area contributed by atoms with Gasteiger partial charge in [0.2, 0.25) is 5.91 Å². The van der Waals surface area contributed by atoms with Crippen molar-refractivity contribution in [3.8, 4) is 0 Å². The molecule has 25 heavy (non-hydrogen) atoms. The van der Waals surface area contributed by atoms with Crippen LogP contribution in [-0.4, -0.2) is 73.2 Å². The van der Waals surface area contributed by atoms with Gasteiger partial charge in [-0.3, -0.25) is 19.6 Å². The number of hydrogen-bond donors (Lipinski definition) is 1. The molecule has 0 aliphatic carbocycles. The molecule has 0 saturated carbocycles. The number of rotatable bonds is 6. The van der Waals surface area contributed by atoms with E-state index in [1.807, 2.05) is 24.5 Å². The lowest BCUT2D eigenvalue weighted by Gasteiger charge is -2.35. The Balaban J connectivity index is 1.55. The lowest BCUT2D eigenvalue weighted by molar-refractivity contribution is -0.122. The maximum absolute atomic E-state index is 12.4. The van der Waals surface area contributed by atoms with Crippen LogP contribution in [0.25, 0.3) is 0 Å². The van der Waals surface area contributed by atoms with Crippen molar-refractivity contribution in [3.05, 3.63) is 30.1 Å². The van der Waals surface area contributed by atoms with Crippen LogP contribution >= 0.6 is 0 Å². The highest BCUT2D eigenvalue weighted by atomic mass is 16.5. The van der Waals surface area contributed by atoms with Gasteiger partial charge in [-0.1, -0.05) is 12.8 Å². The number of morpholine rings is 1. The average molecular weight is 346 g/mol. The maximum Gasteiger partial charge on any atom is 0.234 e. The van der Waals surface area contributed by atoms with Crippen LogP contribution in [-0.2, 0) is 9.53 Å². The van der Waals surface area contributed by atoms with Gasteiger partial charge in [-0.2, -0.15) is 0 Å². The zero-order valence-electron chi connectivity index (χ0n) is 15.0. The first kappa shape index (κ1) is 18.3. The quantitative estimate of drug-likeness (QED) is 0.845. The molecule has 6 heteroatoms. The summed E-state index contributed by atoms with van der Waals surface area (Å²) in [6.45, 7) is 6.55. The Morgan fingerprint density at radius 3 is 2.44 bits per heavy atom. The van der Waals surface area contributed by atoms with Crippen LogP contribution in [0, 0.1) is 0 Å². The van der Waals surface area contributed by atoms with Crippen molar-refractivity contribution in [1.29, 1.82) is 0 Å². The molecule has 0 unspecified atom stereocenters. The van der Waals surface area contributed by atoms with Crippen molar-refractivity contribution >= 4 is 5.91 Å². The summed E-state index contributed by atoms with van der Waals surface area (Å²) in [4.78, 5) is 21.2. The molecule has 1 aromatic heterocycles. The molecule has 138 valence electrons. The van der Waals surface area contributed by atoms with Crippen LogP contribution in [0.1, 0.15) is 37.3 Å². The first-order valence-electron chi connectivity index (χ1n) is 9.54. The predicted octanol–water partition coefficient (Wildman–Crippen LogP) is 1.45. The van der Waals surface area contributed by atoms with Gasteiger partial charge in [-0.05, 0) is 43.6 Å². The molecule has 0 spiro atoms. The third-order valence-electron chi connectivity index (χ3n) is 5.14. The van der Waals surface area contributed by atoms with Crippen molar-refractivity contribution in [2.45, 2.75) is 31.7 Å². The number of ether oxygens (including phenoxy) is 1. The van der Waals surface area contributed by atoms with E-state index < -0.39 is 0 Å². The summed E-state index contributed by atoms with van der Waals surface area (Å²) >= 11 is 0. The zero-order chi connectivity index (χ0) is 17.3. The van der Waals surface area contributed by atoms with E-state index in [1.165, 1.54) is 31.2 Å². The van der Waals surface area contributed by atoms with Gasteiger partial charge in [0, 0.05) is 32.0 Å². The normalized spacial score (nSPS) is 21.4. The highest BCUT2D eigenvalue weighted by Crippen LogP contribution is 2.20. The molecule has 1 amide bonds. The Hall–Kier alpha value is -1.50. The molecule has 3 heterocycles. The zero-order valence-corrected chi connectivity index (χ0v) is 15.0. The second kappa shape index (κ2) is 9.85. The van der Waals surface area contributed by atoms with Gasteiger partial charge in [0.05, 0.1) is 25.8 Å². The standard InChI is InChI=1S/C19H30N4O2/c24-19(16-22-9-3-1-2-4-10-22)21-15-18(17-5-7-20-8-6-17)23-11-13-25-14-12-23/h5-8,18H,1-4,9-16H2,(H,21,24)/t18-/m1/s1. The summed E-state index contributed by atoms with van der Waals surface area (Å²) in [6, 6.07) is 4.27. The maximum atomic E-state index is 12.4. The second-order valence-electron chi connectivity index (χ2n) is 6.94. The molecule has 1 N–H and O–H groups in total. The molecule has 2 saturated heterocycles. The Morgan fingerprint density at radius 1 is 1.08 bits per heavy atom. The van der Waals surface area contributed by atoms with Crippen LogP contribution in [0.4, 0.5) is 0 Å². The first-order chi connectivity index (χ1) is 12.3. The van der Waals surface area contributed by atoms with Gasteiger partial charge in [0.1, 0.15) is 0 Å². The molecule has 0 bridgehead atoms. The number of pyridine rings is 1. The monoisotopic (exact) mass is 346 g/mol. The fourth-order valence-corrected chi connectivity index (χ4v) is 3.70. The number of nitrogens with one attached hydrogen (secondary N) is 1. The van der Waals surface area contributed by atoms with Crippen molar-refractivity contribution < 1.29 is 9.53 Å². The van der Waals surface area contributed by atoms with E-state index in [2.05, 4.69) is 20.1 Å². The van der Waals surface area contributed by atoms with Crippen molar-refractivity contribution in [3.63, 3.8) is 0 Å². The minimum atomic E-state index is 0.134. The molecule has 0 aromatic carbocycles. The highest BCUT2D eigenvalue weighted by Gasteiger charge is 2.23. The molecule has 0 radical (unpaired) electrons. The number of likely N-dealkylation sites (tertiary alicyclic amines) is 1. The van der Waals surface area contributed by atoms with Gasteiger partial charge in [-0.15, -0.1) is 0 Å². The van der Waals surface area contributed by atoms with E-state index in [-0.39, 0.29) is 11.9 Å². The number of carbonyl (C=O) groups is 1. The van der Waals surface area contributed by atoms with E-state index in [4.69, 9.17) is 4.74 Å². The van der Waals surface area contributed by atoms with Gasteiger partial charge in [0.25, 0.3) is 0 Å². The van der Waals surface area contributed by atoms with E-state index in [0.717, 1.165) is 39.4 Å². The molecular weight excluding hydrogens is 316 g/mol. The van der Waals surface area contributed by atoms with Crippen molar-refractivity contribution in [2.75, 3.05) is 52.5 Å². The fraction of sp³-hybridized carbons (Fsp3) is 0.684. The molecule has 2 aliphatic rings. The number of carbonyl (C=O) groups excluding carboxylic acids is 1. The Bertz CT molecular complexity index is 511. The number of aromatic nitrogens is 1.